The highest BCUT2D eigenvalue weighted by Crippen LogP contribution is 2.26. The van der Waals surface area contributed by atoms with Gasteiger partial charge in [-0.25, -0.2) is 4.98 Å². The molecule has 0 radical (unpaired) electrons. The Morgan fingerprint density at radius 2 is 1.96 bits per heavy atom. The summed E-state index contributed by atoms with van der Waals surface area (Å²) in [4.78, 5) is 10.7. The van der Waals surface area contributed by atoms with Gasteiger partial charge in [0.15, 0.2) is 5.96 Å². The first-order valence-corrected chi connectivity index (χ1v) is 9.04. The van der Waals surface area contributed by atoms with Gasteiger partial charge in [-0.3, -0.25) is 4.99 Å². The van der Waals surface area contributed by atoms with Crippen LogP contribution in [0.5, 0.6) is 0 Å². The van der Waals surface area contributed by atoms with Gasteiger partial charge < -0.3 is 11.1 Å². The molecule has 4 nitrogen and oxygen atoms in total. The molecule has 0 saturated heterocycles. The van der Waals surface area contributed by atoms with Gasteiger partial charge in [-0.2, -0.15) is 0 Å². The number of nitrogens with zero attached hydrogens (tertiary/aromatic N) is 2. The van der Waals surface area contributed by atoms with Gasteiger partial charge in [0.2, 0.25) is 0 Å². The molecule has 23 heavy (non-hydrogen) atoms. The smallest absolute Gasteiger partial charge is 0.193 e. The van der Waals surface area contributed by atoms with Gasteiger partial charge in [-0.05, 0) is 62.8 Å². The van der Waals surface area contributed by atoms with E-state index in [0.29, 0.717) is 12.5 Å². The van der Waals surface area contributed by atoms with Crippen LogP contribution < -0.4 is 11.1 Å². The Kier molecular flexibility index (Phi) is 4.96. The molecule has 2 aromatic rings. The molecule has 3 N–H and O–H groups in total. The quantitative estimate of drug-likeness (QED) is 0.666. The van der Waals surface area contributed by atoms with E-state index in [1.807, 2.05) is 11.3 Å². The maximum Gasteiger partial charge on any atom is 0.193 e. The van der Waals surface area contributed by atoms with Crippen molar-refractivity contribution >= 4 is 23.0 Å². The van der Waals surface area contributed by atoms with E-state index < -0.39 is 0 Å². The maximum atomic E-state index is 5.99. The molecule has 0 unspecified atom stereocenters. The van der Waals surface area contributed by atoms with Crippen LogP contribution in [0.1, 0.15) is 39.5 Å². The number of aryl methyl sites for hydroxylation is 4. The van der Waals surface area contributed by atoms with Crippen LogP contribution in [0.3, 0.4) is 0 Å². The van der Waals surface area contributed by atoms with Crippen molar-refractivity contribution in [2.24, 2.45) is 10.7 Å². The number of rotatable bonds is 4. The van der Waals surface area contributed by atoms with Crippen molar-refractivity contribution in [2.45, 2.75) is 46.0 Å². The predicted octanol–water partition coefficient (Wildman–Crippen LogP) is 3.61. The molecule has 1 aromatic carbocycles. The highest BCUT2D eigenvalue weighted by molar-refractivity contribution is 7.11. The van der Waals surface area contributed by atoms with E-state index in [2.05, 4.69) is 42.4 Å². The number of hydrogen-bond donors (Lipinski definition) is 2. The zero-order chi connectivity index (χ0) is 16.2. The number of benzene rings is 1. The van der Waals surface area contributed by atoms with Crippen LogP contribution in [-0.2, 0) is 19.3 Å². The SMILES string of the molecule is Cc1cc(C)cc(NC(N)=NCCc2nc3c(s2)CCCC3)c1. The molecule has 0 aliphatic heterocycles. The zero-order valence-corrected chi connectivity index (χ0v) is 14.7. The Morgan fingerprint density at radius 1 is 1.22 bits per heavy atom. The van der Waals surface area contributed by atoms with Crippen LogP contribution in [0.15, 0.2) is 23.2 Å². The average Bonchev–Trinajstić information content (AvgIpc) is 2.88. The average molecular weight is 328 g/mol. The van der Waals surface area contributed by atoms with Crippen molar-refractivity contribution in [3.8, 4) is 0 Å². The largest absolute Gasteiger partial charge is 0.370 e. The van der Waals surface area contributed by atoms with Gasteiger partial charge in [0, 0.05) is 23.5 Å². The van der Waals surface area contributed by atoms with Crippen molar-refractivity contribution < 1.29 is 0 Å². The molecule has 0 amide bonds. The van der Waals surface area contributed by atoms with Crippen molar-refractivity contribution in [1.82, 2.24) is 4.98 Å². The molecular formula is C18H24N4S. The summed E-state index contributed by atoms with van der Waals surface area (Å²) in [7, 11) is 0. The minimum atomic E-state index is 0.469. The molecule has 0 atom stereocenters. The monoisotopic (exact) mass is 328 g/mol. The lowest BCUT2D eigenvalue weighted by molar-refractivity contribution is 0.680. The molecule has 5 heteroatoms. The fraction of sp³-hybridized carbons (Fsp3) is 0.444. The van der Waals surface area contributed by atoms with Gasteiger partial charge in [-0.15, -0.1) is 11.3 Å². The molecule has 122 valence electrons. The summed E-state index contributed by atoms with van der Waals surface area (Å²) in [5, 5.41) is 4.36. The second-order valence-electron chi connectivity index (χ2n) is 6.20. The first-order chi connectivity index (χ1) is 11.1. The topological polar surface area (TPSA) is 63.3 Å². The molecule has 1 aromatic heterocycles. The lowest BCUT2D eigenvalue weighted by Gasteiger charge is -2.07. The van der Waals surface area contributed by atoms with Crippen LogP contribution in [0.2, 0.25) is 0 Å². The minimum absolute atomic E-state index is 0.469. The summed E-state index contributed by atoms with van der Waals surface area (Å²) in [5.41, 5.74) is 10.7. The van der Waals surface area contributed by atoms with Gasteiger partial charge in [0.05, 0.1) is 10.7 Å². The summed E-state index contributed by atoms with van der Waals surface area (Å²) >= 11 is 1.85. The third-order valence-corrected chi connectivity index (χ3v) is 5.21. The number of hydrogen-bond acceptors (Lipinski definition) is 3. The molecule has 0 saturated carbocycles. The van der Waals surface area contributed by atoms with E-state index in [-0.39, 0.29) is 0 Å². The van der Waals surface area contributed by atoms with E-state index in [9.17, 15) is 0 Å². The van der Waals surface area contributed by atoms with Crippen molar-refractivity contribution in [3.63, 3.8) is 0 Å². The van der Waals surface area contributed by atoms with E-state index in [4.69, 9.17) is 10.7 Å². The van der Waals surface area contributed by atoms with Crippen LogP contribution in [0, 0.1) is 13.8 Å². The summed E-state index contributed by atoms with van der Waals surface area (Å²) in [6.45, 7) is 4.83. The van der Waals surface area contributed by atoms with Crippen molar-refractivity contribution in [1.29, 1.82) is 0 Å². The third-order valence-electron chi connectivity index (χ3n) is 3.99. The Labute approximate surface area is 141 Å². The second-order valence-corrected chi connectivity index (χ2v) is 7.37. The highest BCUT2D eigenvalue weighted by atomic mass is 32.1. The van der Waals surface area contributed by atoms with Crippen LogP contribution in [0.4, 0.5) is 5.69 Å². The Morgan fingerprint density at radius 3 is 2.70 bits per heavy atom. The lowest BCUT2D eigenvalue weighted by atomic mass is 10.0. The predicted molar refractivity (Wildman–Crippen MR) is 98.5 cm³/mol. The van der Waals surface area contributed by atoms with Crippen molar-refractivity contribution in [3.05, 3.63) is 44.9 Å². The molecule has 1 aliphatic rings. The van der Waals surface area contributed by atoms with E-state index >= 15 is 0 Å². The molecule has 1 aliphatic carbocycles. The molecule has 0 spiro atoms. The Balaban J connectivity index is 1.56. The number of nitrogens with two attached hydrogens (primary N) is 1. The molecule has 0 fully saturated rings. The maximum absolute atomic E-state index is 5.99. The number of anilines is 1. The van der Waals surface area contributed by atoms with Crippen LogP contribution in [0.25, 0.3) is 0 Å². The van der Waals surface area contributed by atoms with E-state index in [1.165, 1.54) is 46.0 Å². The minimum Gasteiger partial charge on any atom is -0.370 e. The van der Waals surface area contributed by atoms with Gasteiger partial charge in [0.1, 0.15) is 0 Å². The number of aliphatic imine (C=N–C) groups is 1. The van der Waals surface area contributed by atoms with Crippen molar-refractivity contribution in [2.75, 3.05) is 11.9 Å². The van der Waals surface area contributed by atoms with Crippen LogP contribution in [-0.4, -0.2) is 17.5 Å². The fourth-order valence-electron chi connectivity index (χ4n) is 3.02. The van der Waals surface area contributed by atoms with Crippen LogP contribution >= 0.6 is 11.3 Å². The summed E-state index contributed by atoms with van der Waals surface area (Å²) in [6.07, 6.45) is 5.80. The van der Waals surface area contributed by atoms with E-state index in [1.54, 1.807) is 0 Å². The van der Waals surface area contributed by atoms with E-state index in [0.717, 1.165) is 18.5 Å². The van der Waals surface area contributed by atoms with Gasteiger partial charge in [0.25, 0.3) is 0 Å². The Bertz CT molecular complexity index is 674. The first kappa shape index (κ1) is 16.0. The lowest BCUT2D eigenvalue weighted by Crippen LogP contribution is -2.23. The van der Waals surface area contributed by atoms with Gasteiger partial charge in [-0.1, -0.05) is 6.07 Å². The molecule has 0 bridgehead atoms. The molecular weight excluding hydrogens is 304 g/mol. The number of guanidine groups is 1. The molecule has 3 rings (SSSR count). The Hall–Kier alpha value is -1.88. The third kappa shape index (κ3) is 4.32. The number of nitrogens with one attached hydrogen (secondary N) is 1. The fourth-order valence-corrected chi connectivity index (χ4v) is 4.16. The standard InChI is InChI=1S/C18H24N4S/c1-12-9-13(2)11-14(10-12)21-18(19)20-8-7-17-22-15-5-3-4-6-16(15)23-17/h9-11H,3-8H2,1-2H3,(H3,19,20,21). The van der Waals surface area contributed by atoms with Gasteiger partial charge >= 0.3 is 0 Å². The number of thiazole rings is 1. The normalized spacial score (nSPS) is 14.6. The second kappa shape index (κ2) is 7.13. The molecule has 1 heterocycles. The summed E-state index contributed by atoms with van der Waals surface area (Å²) < 4.78 is 0. The highest BCUT2D eigenvalue weighted by Gasteiger charge is 2.14. The first-order valence-electron chi connectivity index (χ1n) is 8.23. The summed E-state index contributed by atoms with van der Waals surface area (Å²) in [6, 6.07) is 6.29. The number of fused-ring (bicyclic) bond motifs is 1. The number of aromatic nitrogens is 1. The zero-order valence-electron chi connectivity index (χ0n) is 13.9. The summed E-state index contributed by atoms with van der Waals surface area (Å²) in [5.74, 6) is 0.469.